The maximum absolute atomic E-state index is 12.8. The van der Waals surface area contributed by atoms with E-state index in [0.29, 0.717) is 0 Å². The Hall–Kier alpha value is -1.31. The second-order valence-electron chi connectivity index (χ2n) is 4.54. The van der Waals surface area contributed by atoms with E-state index in [2.05, 4.69) is 9.84 Å². The summed E-state index contributed by atoms with van der Waals surface area (Å²) in [5.74, 6) is 0.0684. The topological polar surface area (TPSA) is 62.1 Å². The summed E-state index contributed by atoms with van der Waals surface area (Å²) in [6.07, 6.45) is -6.81. The van der Waals surface area contributed by atoms with Crippen LogP contribution in [-0.2, 0) is 4.74 Å². The summed E-state index contributed by atoms with van der Waals surface area (Å²) in [7, 11) is 0.926. The molecule has 0 radical (unpaired) electrons. The smallest absolute Gasteiger partial charge is 0.439 e. The standard InChI is InChI=1S/C10H15F3N2O3/c1-6(2)4-7-5-9(17,10(11,12)13)15(14-7)8(16)18-3/h6,17H,4-5H2,1-3H3/t9-/m0/s1. The number of nitrogens with zero attached hydrogens (tertiary/aromatic N) is 2. The number of alkyl halides is 3. The number of halogens is 3. The highest BCUT2D eigenvalue weighted by Gasteiger charge is 2.63. The van der Waals surface area contributed by atoms with Gasteiger partial charge in [-0.25, -0.2) is 4.79 Å². The van der Waals surface area contributed by atoms with Crippen molar-refractivity contribution in [1.82, 2.24) is 5.01 Å². The summed E-state index contributed by atoms with van der Waals surface area (Å²) in [6, 6.07) is 0. The Morgan fingerprint density at radius 2 is 2.17 bits per heavy atom. The van der Waals surface area contributed by atoms with Gasteiger partial charge in [-0.2, -0.15) is 23.3 Å². The molecule has 1 aliphatic heterocycles. The molecule has 0 saturated carbocycles. The minimum absolute atomic E-state index is 0.0370. The van der Waals surface area contributed by atoms with E-state index < -0.39 is 24.4 Å². The first kappa shape index (κ1) is 14.7. The minimum atomic E-state index is -5.00. The van der Waals surface area contributed by atoms with Gasteiger partial charge in [0.1, 0.15) is 0 Å². The van der Waals surface area contributed by atoms with E-state index in [1.165, 1.54) is 0 Å². The molecule has 0 aromatic heterocycles. The fourth-order valence-corrected chi connectivity index (χ4v) is 1.70. The molecule has 1 rings (SSSR count). The molecule has 0 aromatic carbocycles. The number of rotatable bonds is 2. The Bertz CT molecular complexity index is 368. The van der Waals surface area contributed by atoms with Gasteiger partial charge in [0.05, 0.1) is 7.11 Å². The Morgan fingerprint density at radius 3 is 2.56 bits per heavy atom. The van der Waals surface area contributed by atoms with Gasteiger partial charge < -0.3 is 9.84 Å². The molecule has 0 aromatic rings. The van der Waals surface area contributed by atoms with Gasteiger partial charge in [0.2, 0.25) is 0 Å². The van der Waals surface area contributed by atoms with E-state index in [4.69, 9.17) is 0 Å². The van der Waals surface area contributed by atoms with E-state index in [-0.39, 0.29) is 23.1 Å². The SMILES string of the molecule is COC(=O)N1N=C(CC(C)C)C[C@]1(O)C(F)(F)F. The first-order chi connectivity index (χ1) is 8.11. The van der Waals surface area contributed by atoms with Gasteiger partial charge in [-0.3, -0.25) is 0 Å². The van der Waals surface area contributed by atoms with Crippen LogP contribution in [0.3, 0.4) is 0 Å². The largest absolute Gasteiger partial charge is 0.451 e. The van der Waals surface area contributed by atoms with Crippen LogP contribution in [0.25, 0.3) is 0 Å². The molecule has 1 aliphatic rings. The lowest BCUT2D eigenvalue weighted by Crippen LogP contribution is -2.56. The fourth-order valence-electron chi connectivity index (χ4n) is 1.70. The van der Waals surface area contributed by atoms with Crippen molar-refractivity contribution in [1.29, 1.82) is 0 Å². The molecule has 18 heavy (non-hydrogen) atoms. The van der Waals surface area contributed by atoms with Crippen molar-refractivity contribution in [3.63, 3.8) is 0 Å². The average molecular weight is 268 g/mol. The Morgan fingerprint density at radius 1 is 1.61 bits per heavy atom. The van der Waals surface area contributed by atoms with Crippen LogP contribution < -0.4 is 0 Å². The van der Waals surface area contributed by atoms with Crippen molar-refractivity contribution in [3.05, 3.63) is 0 Å². The highest BCUT2D eigenvalue weighted by Crippen LogP contribution is 2.41. The number of carbonyl (C=O) groups is 1. The predicted octanol–water partition coefficient (Wildman–Crippen LogP) is 2.11. The molecule has 0 spiro atoms. The van der Waals surface area contributed by atoms with Crippen molar-refractivity contribution in [3.8, 4) is 0 Å². The van der Waals surface area contributed by atoms with E-state index in [0.717, 1.165) is 7.11 Å². The van der Waals surface area contributed by atoms with Gasteiger partial charge in [0.25, 0.3) is 5.72 Å². The summed E-state index contributed by atoms with van der Waals surface area (Å²) in [5.41, 5.74) is -3.19. The first-order valence-corrected chi connectivity index (χ1v) is 5.35. The van der Waals surface area contributed by atoms with Crippen molar-refractivity contribution < 1.29 is 27.8 Å². The van der Waals surface area contributed by atoms with Gasteiger partial charge in [-0.1, -0.05) is 13.8 Å². The number of hydrogen-bond acceptors (Lipinski definition) is 4. The third-order valence-corrected chi connectivity index (χ3v) is 2.49. The molecule has 0 aliphatic carbocycles. The second kappa shape index (κ2) is 4.75. The summed E-state index contributed by atoms with van der Waals surface area (Å²) in [5, 5.41) is 13.1. The van der Waals surface area contributed by atoms with Crippen LogP contribution in [0, 0.1) is 5.92 Å². The molecule has 0 unspecified atom stereocenters. The normalized spacial score (nSPS) is 24.4. The Kier molecular flexibility index (Phi) is 3.89. The maximum Gasteiger partial charge on any atom is 0.439 e. The second-order valence-corrected chi connectivity index (χ2v) is 4.54. The fraction of sp³-hybridized carbons (Fsp3) is 0.800. The van der Waals surface area contributed by atoms with Crippen molar-refractivity contribution in [2.24, 2.45) is 11.0 Å². The lowest BCUT2D eigenvalue weighted by molar-refractivity contribution is -0.299. The van der Waals surface area contributed by atoms with E-state index in [1.807, 2.05) is 0 Å². The zero-order valence-corrected chi connectivity index (χ0v) is 10.3. The Labute approximate surface area is 102 Å². The Balaban J connectivity index is 3.05. The first-order valence-electron chi connectivity index (χ1n) is 5.35. The molecule has 104 valence electrons. The number of ether oxygens (including phenoxy) is 1. The van der Waals surface area contributed by atoms with Crippen molar-refractivity contribution in [2.45, 2.75) is 38.6 Å². The molecule has 0 saturated heterocycles. The molecule has 1 atom stereocenters. The molecule has 1 heterocycles. The van der Waals surface area contributed by atoms with Gasteiger partial charge in [0, 0.05) is 12.1 Å². The van der Waals surface area contributed by atoms with Crippen LogP contribution in [0.2, 0.25) is 0 Å². The number of hydrogen-bond donors (Lipinski definition) is 1. The molecule has 8 heteroatoms. The van der Waals surface area contributed by atoms with Crippen LogP contribution in [0.15, 0.2) is 5.10 Å². The number of aliphatic hydroxyl groups is 1. The number of methoxy groups -OCH3 is 1. The van der Waals surface area contributed by atoms with E-state index in [9.17, 15) is 23.1 Å². The molecule has 0 bridgehead atoms. The molecular weight excluding hydrogens is 253 g/mol. The summed E-state index contributed by atoms with van der Waals surface area (Å²) in [4.78, 5) is 11.2. The van der Waals surface area contributed by atoms with Crippen LogP contribution in [0.5, 0.6) is 0 Å². The quantitative estimate of drug-likeness (QED) is 0.834. The summed E-state index contributed by atoms with van der Waals surface area (Å²) in [6.45, 7) is 3.60. The molecule has 5 nitrogen and oxygen atoms in total. The van der Waals surface area contributed by atoms with Crippen LogP contribution in [-0.4, -0.2) is 40.9 Å². The minimum Gasteiger partial charge on any atom is -0.451 e. The summed E-state index contributed by atoms with van der Waals surface area (Å²) >= 11 is 0. The number of amides is 1. The van der Waals surface area contributed by atoms with Crippen molar-refractivity contribution >= 4 is 11.8 Å². The molecule has 1 amide bonds. The molecular formula is C10H15F3N2O3. The third-order valence-electron chi connectivity index (χ3n) is 2.49. The predicted molar refractivity (Wildman–Crippen MR) is 56.8 cm³/mol. The highest BCUT2D eigenvalue weighted by molar-refractivity contribution is 5.89. The summed E-state index contributed by atoms with van der Waals surface area (Å²) < 4.78 is 42.7. The number of hydrazone groups is 1. The monoisotopic (exact) mass is 268 g/mol. The number of carbonyl (C=O) groups excluding carboxylic acids is 1. The van der Waals surface area contributed by atoms with Gasteiger partial charge in [0.15, 0.2) is 0 Å². The van der Waals surface area contributed by atoms with Gasteiger partial charge in [-0.05, 0) is 12.3 Å². The average Bonchev–Trinajstić information content (AvgIpc) is 2.54. The van der Waals surface area contributed by atoms with E-state index in [1.54, 1.807) is 13.8 Å². The van der Waals surface area contributed by atoms with Crippen LogP contribution >= 0.6 is 0 Å². The zero-order valence-electron chi connectivity index (χ0n) is 10.3. The van der Waals surface area contributed by atoms with E-state index >= 15 is 0 Å². The van der Waals surface area contributed by atoms with Crippen LogP contribution in [0.1, 0.15) is 26.7 Å². The third kappa shape index (κ3) is 2.58. The van der Waals surface area contributed by atoms with Gasteiger partial charge in [-0.15, -0.1) is 0 Å². The van der Waals surface area contributed by atoms with Crippen LogP contribution in [0.4, 0.5) is 18.0 Å². The highest BCUT2D eigenvalue weighted by atomic mass is 19.4. The maximum atomic E-state index is 12.8. The zero-order chi connectivity index (χ0) is 14.1. The lowest BCUT2D eigenvalue weighted by atomic mass is 9.99. The molecule has 1 N–H and O–H groups in total. The van der Waals surface area contributed by atoms with Gasteiger partial charge >= 0.3 is 12.3 Å². The molecule has 0 fully saturated rings. The lowest BCUT2D eigenvalue weighted by Gasteiger charge is -2.31. The van der Waals surface area contributed by atoms with Crippen molar-refractivity contribution in [2.75, 3.05) is 7.11 Å².